The van der Waals surface area contributed by atoms with E-state index in [0.29, 0.717) is 30.1 Å². The maximum atomic E-state index is 12.5. The first-order chi connectivity index (χ1) is 13.0. The van der Waals surface area contributed by atoms with E-state index in [0.717, 1.165) is 6.42 Å². The summed E-state index contributed by atoms with van der Waals surface area (Å²) >= 11 is 0. The van der Waals surface area contributed by atoms with E-state index < -0.39 is 12.5 Å². The number of nitrogens with zero attached hydrogens (tertiary/aromatic N) is 1. The third-order valence-corrected chi connectivity index (χ3v) is 4.15. The highest BCUT2D eigenvalue weighted by Crippen LogP contribution is 2.34. The van der Waals surface area contributed by atoms with Crippen molar-refractivity contribution in [2.75, 3.05) is 23.9 Å². The quantitative estimate of drug-likeness (QED) is 0.835. The first-order valence-corrected chi connectivity index (χ1v) is 8.33. The molecule has 1 saturated heterocycles. The van der Waals surface area contributed by atoms with E-state index in [-0.39, 0.29) is 17.2 Å². The smallest absolute Gasteiger partial charge is 0.387 e. The number of hydrogen-bond donors (Lipinski definition) is 1. The molecule has 2 aromatic carbocycles. The van der Waals surface area contributed by atoms with Gasteiger partial charge in [0, 0.05) is 24.7 Å². The summed E-state index contributed by atoms with van der Waals surface area (Å²) in [6.45, 7) is -2.42. The largest absolute Gasteiger partial charge is 0.494 e. The number of ether oxygens (including phenoxy) is 2. The van der Waals surface area contributed by atoms with Crippen molar-refractivity contribution in [3.05, 3.63) is 48.0 Å². The summed E-state index contributed by atoms with van der Waals surface area (Å²) in [4.78, 5) is 26.0. The average molecular weight is 376 g/mol. The third kappa shape index (κ3) is 4.16. The molecule has 0 bridgehead atoms. The highest BCUT2D eigenvalue weighted by molar-refractivity contribution is 6.06. The maximum absolute atomic E-state index is 12.5. The summed E-state index contributed by atoms with van der Waals surface area (Å²) in [5.74, 6) is -0.363. The van der Waals surface area contributed by atoms with Crippen molar-refractivity contribution in [2.45, 2.75) is 19.5 Å². The molecule has 0 atom stereocenters. The van der Waals surface area contributed by atoms with Crippen molar-refractivity contribution in [2.24, 2.45) is 0 Å². The number of methoxy groups -OCH3 is 1. The lowest BCUT2D eigenvalue weighted by Gasteiger charge is -2.20. The van der Waals surface area contributed by atoms with Crippen LogP contribution in [-0.4, -0.2) is 32.1 Å². The average Bonchev–Trinajstić information content (AvgIpc) is 3.07. The molecule has 0 unspecified atom stereocenters. The highest BCUT2D eigenvalue weighted by atomic mass is 19.3. The Kier molecular flexibility index (Phi) is 5.54. The van der Waals surface area contributed by atoms with Crippen LogP contribution in [0, 0.1) is 0 Å². The number of carbonyl (C=O) groups is 2. The molecule has 1 N–H and O–H groups in total. The third-order valence-electron chi connectivity index (χ3n) is 4.15. The van der Waals surface area contributed by atoms with Gasteiger partial charge >= 0.3 is 6.61 Å². The topological polar surface area (TPSA) is 67.9 Å². The summed E-state index contributed by atoms with van der Waals surface area (Å²) in [5.41, 5.74) is 1.01. The van der Waals surface area contributed by atoms with Gasteiger partial charge in [-0.2, -0.15) is 8.78 Å². The molecule has 2 aromatic rings. The fourth-order valence-electron chi connectivity index (χ4n) is 2.93. The van der Waals surface area contributed by atoms with Gasteiger partial charge in [-0.3, -0.25) is 9.59 Å². The zero-order valence-corrected chi connectivity index (χ0v) is 14.6. The lowest BCUT2D eigenvalue weighted by molar-refractivity contribution is -0.117. The Morgan fingerprint density at radius 1 is 1.19 bits per heavy atom. The van der Waals surface area contributed by atoms with Gasteiger partial charge in [0.25, 0.3) is 5.91 Å². The summed E-state index contributed by atoms with van der Waals surface area (Å²) < 4.78 is 34.7. The summed E-state index contributed by atoms with van der Waals surface area (Å²) in [5, 5.41) is 2.63. The molecule has 8 heteroatoms. The SMILES string of the molecule is COc1cc(NC(=O)c2ccccc2OC(F)F)ccc1N1CCCC1=O. The summed E-state index contributed by atoms with van der Waals surface area (Å²) in [6.07, 6.45) is 1.27. The van der Waals surface area contributed by atoms with E-state index in [1.54, 1.807) is 29.2 Å². The van der Waals surface area contributed by atoms with E-state index in [1.165, 1.54) is 25.3 Å². The van der Waals surface area contributed by atoms with Crippen molar-refractivity contribution in [1.82, 2.24) is 0 Å². The minimum absolute atomic E-state index is 0.0168. The molecule has 1 aliphatic rings. The molecule has 6 nitrogen and oxygen atoms in total. The predicted molar refractivity (Wildman–Crippen MR) is 95.6 cm³/mol. The zero-order chi connectivity index (χ0) is 19.4. The molecule has 27 heavy (non-hydrogen) atoms. The number of para-hydroxylation sites is 1. The molecular weight excluding hydrogens is 358 g/mol. The minimum Gasteiger partial charge on any atom is -0.494 e. The van der Waals surface area contributed by atoms with Crippen molar-refractivity contribution in [3.8, 4) is 11.5 Å². The Balaban J connectivity index is 1.82. The molecule has 0 spiro atoms. The molecule has 1 heterocycles. The second-order valence-electron chi connectivity index (χ2n) is 5.86. The van der Waals surface area contributed by atoms with Crippen molar-refractivity contribution in [3.63, 3.8) is 0 Å². The van der Waals surface area contributed by atoms with Crippen LogP contribution in [0.1, 0.15) is 23.2 Å². The van der Waals surface area contributed by atoms with E-state index in [2.05, 4.69) is 10.1 Å². The van der Waals surface area contributed by atoms with Crippen LogP contribution in [0.5, 0.6) is 11.5 Å². The molecule has 2 amide bonds. The molecule has 3 rings (SSSR count). The molecule has 0 aliphatic carbocycles. The first-order valence-electron chi connectivity index (χ1n) is 8.33. The Bertz CT molecular complexity index is 857. The van der Waals surface area contributed by atoms with Gasteiger partial charge in [-0.25, -0.2) is 0 Å². The van der Waals surface area contributed by atoms with E-state index in [1.807, 2.05) is 0 Å². The molecule has 1 fully saturated rings. The van der Waals surface area contributed by atoms with Gasteiger partial charge in [-0.05, 0) is 30.7 Å². The van der Waals surface area contributed by atoms with Crippen molar-refractivity contribution < 1.29 is 27.8 Å². The molecule has 1 aliphatic heterocycles. The fraction of sp³-hybridized carbons (Fsp3) is 0.263. The number of benzene rings is 2. The van der Waals surface area contributed by atoms with Gasteiger partial charge in [-0.15, -0.1) is 0 Å². The Morgan fingerprint density at radius 3 is 2.63 bits per heavy atom. The maximum Gasteiger partial charge on any atom is 0.387 e. The number of hydrogen-bond acceptors (Lipinski definition) is 4. The number of alkyl halides is 2. The Labute approximate surface area is 154 Å². The number of carbonyl (C=O) groups excluding carboxylic acids is 2. The summed E-state index contributed by atoms with van der Waals surface area (Å²) in [7, 11) is 1.47. The predicted octanol–water partition coefficient (Wildman–Crippen LogP) is 3.68. The normalized spacial score (nSPS) is 13.8. The monoisotopic (exact) mass is 376 g/mol. The number of halogens is 2. The van der Waals surface area contributed by atoms with Crippen LogP contribution >= 0.6 is 0 Å². The highest BCUT2D eigenvalue weighted by Gasteiger charge is 2.25. The van der Waals surface area contributed by atoms with Crippen LogP contribution in [0.3, 0.4) is 0 Å². The molecule has 0 aromatic heterocycles. The van der Waals surface area contributed by atoms with Gasteiger partial charge in [0.05, 0.1) is 18.4 Å². The molecular formula is C19H18F2N2O4. The number of anilines is 2. The van der Waals surface area contributed by atoms with Crippen LogP contribution in [0.25, 0.3) is 0 Å². The van der Waals surface area contributed by atoms with Crippen LogP contribution in [0.4, 0.5) is 20.2 Å². The second-order valence-corrected chi connectivity index (χ2v) is 5.86. The first kappa shape index (κ1) is 18.6. The Morgan fingerprint density at radius 2 is 1.96 bits per heavy atom. The Hall–Kier alpha value is -3.16. The molecule has 142 valence electrons. The van der Waals surface area contributed by atoms with Crippen molar-refractivity contribution in [1.29, 1.82) is 0 Å². The van der Waals surface area contributed by atoms with Gasteiger partial charge < -0.3 is 19.7 Å². The van der Waals surface area contributed by atoms with E-state index in [9.17, 15) is 18.4 Å². The summed E-state index contributed by atoms with van der Waals surface area (Å²) in [6, 6.07) is 10.6. The molecule has 0 radical (unpaired) electrons. The van der Waals surface area contributed by atoms with Gasteiger partial charge in [0.15, 0.2) is 0 Å². The van der Waals surface area contributed by atoms with Gasteiger partial charge in [-0.1, -0.05) is 12.1 Å². The lowest BCUT2D eigenvalue weighted by Crippen LogP contribution is -2.24. The van der Waals surface area contributed by atoms with Crippen LogP contribution < -0.4 is 19.7 Å². The van der Waals surface area contributed by atoms with Gasteiger partial charge in [0.2, 0.25) is 5.91 Å². The fourth-order valence-corrected chi connectivity index (χ4v) is 2.93. The standard InChI is InChI=1S/C19H18F2N2O4/c1-26-16-11-12(8-9-14(16)23-10-4-7-17(23)24)22-18(25)13-5-2-3-6-15(13)27-19(20)21/h2-3,5-6,8-9,11,19H,4,7,10H2,1H3,(H,22,25). The van der Waals surface area contributed by atoms with Crippen molar-refractivity contribution >= 4 is 23.2 Å². The van der Waals surface area contributed by atoms with Crippen LogP contribution in [0.2, 0.25) is 0 Å². The molecule has 0 saturated carbocycles. The van der Waals surface area contributed by atoms with Gasteiger partial charge in [0.1, 0.15) is 11.5 Å². The minimum atomic E-state index is -3.03. The van der Waals surface area contributed by atoms with E-state index in [4.69, 9.17) is 4.74 Å². The number of rotatable bonds is 6. The van der Waals surface area contributed by atoms with Crippen LogP contribution in [-0.2, 0) is 4.79 Å². The van der Waals surface area contributed by atoms with E-state index >= 15 is 0 Å². The second kappa shape index (κ2) is 8.03. The number of amides is 2. The number of nitrogens with one attached hydrogen (secondary N) is 1. The zero-order valence-electron chi connectivity index (χ0n) is 14.6. The van der Waals surface area contributed by atoms with Crippen LogP contribution in [0.15, 0.2) is 42.5 Å². The lowest BCUT2D eigenvalue weighted by atomic mass is 10.1.